The van der Waals surface area contributed by atoms with Crippen LogP contribution in [0.5, 0.6) is 5.75 Å². The first-order chi connectivity index (χ1) is 11.7. The Morgan fingerprint density at radius 3 is 2.54 bits per heavy atom. The van der Waals surface area contributed by atoms with Crippen molar-refractivity contribution in [3.8, 4) is 18.1 Å². The topological polar surface area (TPSA) is 24.5 Å². The van der Waals surface area contributed by atoms with Gasteiger partial charge in [0, 0.05) is 26.2 Å². The van der Waals surface area contributed by atoms with E-state index in [0.29, 0.717) is 0 Å². The average Bonchev–Trinajstić information content (AvgIpc) is 3.05. The Labute approximate surface area is 144 Å². The van der Waals surface area contributed by atoms with Crippen LogP contribution >= 0.6 is 0 Å². The molecule has 0 spiro atoms. The van der Waals surface area contributed by atoms with Gasteiger partial charge in [-0.1, -0.05) is 48.4 Å². The number of likely N-dealkylation sites (tertiary alicyclic amines) is 1. The summed E-state index contributed by atoms with van der Waals surface area (Å²) in [6, 6.07) is 18.7. The van der Waals surface area contributed by atoms with Crippen molar-refractivity contribution in [2.45, 2.75) is 25.0 Å². The van der Waals surface area contributed by atoms with Crippen LogP contribution in [0.25, 0.3) is 0 Å². The maximum Gasteiger partial charge on any atom is 0.118 e. The van der Waals surface area contributed by atoms with Crippen molar-refractivity contribution in [1.29, 1.82) is 0 Å². The van der Waals surface area contributed by atoms with Crippen molar-refractivity contribution in [2.24, 2.45) is 0 Å². The number of hydrogen-bond donors (Lipinski definition) is 1. The Morgan fingerprint density at radius 1 is 1.12 bits per heavy atom. The van der Waals surface area contributed by atoms with Crippen LogP contribution in [0.4, 0.5) is 0 Å². The van der Waals surface area contributed by atoms with E-state index in [9.17, 15) is 0 Å². The number of nitrogens with zero attached hydrogens (tertiary/aromatic N) is 1. The lowest BCUT2D eigenvalue weighted by Crippen LogP contribution is -2.45. The van der Waals surface area contributed by atoms with Gasteiger partial charge in [0.25, 0.3) is 0 Å². The van der Waals surface area contributed by atoms with Crippen LogP contribution in [0, 0.1) is 12.3 Å². The molecule has 1 aliphatic heterocycles. The van der Waals surface area contributed by atoms with E-state index in [1.807, 2.05) is 18.2 Å². The fraction of sp³-hybridized carbons (Fsp3) is 0.333. The maximum absolute atomic E-state index is 5.87. The zero-order valence-corrected chi connectivity index (χ0v) is 14.2. The summed E-state index contributed by atoms with van der Waals surface area (Å²) in [4.78, 5) is 2.42. The number of benzene rings is 2. The number of methoxy groups -OCH3 is 1. The summed E-state index contributed by atoms with van der Waals surface area (Å²) in [7, 11) is 1.69. The Bertz CT molecular complexity index is 690. The summed E-state index contributed by atoms with van der Waals surface area (Å²) in [5.74, 6) is 3.90. The summed E-state index contributed by atoms with van der Waals surface area (Å²) < 4.78 is 5.21. The molecule has 24 heavy (non-hydrogen) atoms. The molecule has 1 saturated heterocycles. The third-order valence-electron chi connectivity index (χ3n) is 4.66. The molecule has 1 fully saturated rings. The Hall–Kier alpha value is -2.28. The van der Waals surface area contributed by atoms with Crippen LogP contribution in [0.15, 0.2) is 54.6 Å². The molecule has 0 amide bonds. The van der Waals surface area contributed by atoms with E-state index in [1.165, 1.54) is 11.1 Å². The van der Waals surface area contributed by atoms with Crippen molar-refractivity contribution in [1.82, 2.24) is 10.2 Å². The van der Waals surface area contributed by atoms with Crippen molar-refractivity contribution in [2.75, 3.05) is 20.2 Å². The summed E-state index contributed by atoms with van der Waals surface area (Å²) in [5, 5.41) is 3.60. The normalized spacial score (nSPS) is 20.7. The van der Waals surface area contributed by atoms with Crippen LogP contribution in [-0.2, 0) is 13.1 Å². The van der Waals surface area contributed by atoms with E-state index < -0.39 is 0 Å². The zero-order valence-electron chi connectivity index (χ0n) is 14.2. The van der Waals surface area contributed by atoms with E-state index in [4.69, 9.17) is 11.2 Å². The molecule has 0 saturated carbocycles. The molecule has 1 unspecified atom stereocenters. The van der Waals surface area contributed by atoms with Gasteiger partial charge in [0.1, 0.15) is 5.75 Å². The predicted octanol–water partition coefficient (Wildman–Crippen LogP) is 3.06. The second-order valence-corrected chi connectivity index (χ2v) is 6.37. The highest BCUT2D eigenvalue weighted by Gasteiger charge is 2.35. The van der Waals surface area contributed by atoms with Crippen LogP contribution in [0.1, 0.15) is 17.5 Å². The van der Waals surface area contributed by atoms with Crippen molar-refractivity contribution in [3.05, 3.63) is 65.7 Å². The molecule has 3 heteroatoms. The molecule has 0 radical (unpaired) electrons. The molecule has 1 heterocycles. The minimum atomic E-state index is -0.234. The predicted molar refractivity (Wildman–Crippen MR) is 97.7 cm³/mol. The summed E-state index contributed by atoms with van der Waals surface area (Å²) >= 11 is 0. The SMILES string of the molecule is C#CC1(NCc2ccccc2)CCN(Cc2ccc(OC)cc2)C1. The lowest BCUT2D eigenvalue weighted by molar-refractivity contribution is 0.303. The first kappa shape index (κ1) is 16.6. The number of hydrogen-bond acceptors (Lipinski definition) is 3. The lowest BCUT2D eigenvalue weighted by atomic mass is 9.99. The van der Waals surface area contributed by atoms with Gasteiger partial charge in [-0.25, -0.2) is 0 Å². The monoisotopic (exact) mass is 320 g/mol. The van der Waals surface area contributed by atoms with Gasteiger partial charge in [0.05, 0.1) is 12.6 Å². The highest BCUT2D eigenvalue weighted by molar-refractivity contribution is 5.28. The first-order valence-electron chi connectivity index (χ1n) is 8.35. The van der Waals surface area contributed by atoms with Gasteiger partial charge < -0.3 is 4.74 Å². The Balaban J connectivity index is 1.58. The molecular formula is C21H24N2O. The third kappa shape index (κ3) is 3.97. The molecule has 2 aromatic rings. The highest BCUT2D eigenvalue weighted by Crippen LogP contribution is 2.23. The number of nitrogens with one attached hydrogen (secondary N) is 1. The van der Waals surface area contributed by atoms with Gasteiger partial charge in [-0.3, -0.25) is 10.2 Å². The van der Waals surface area contributed by atoms with Crippen LogP contribution in [0.2, 0.25) is 0 Å². The molecule has 1 atom stereocenters. The van der Waals surface area contributed by atoms with Gasteiger partial charge >= 0.3 is 0 Å². The van der Waals surface area contributed by atoms with E-state index in [-0.39, 0.29) is 5.54 Å². The van der Waals surface area contributed by atoms with Crippen LogP contribution in [0.3, 0.4) is 0 Å². The second-order valence-electron chi connectivity index (χ2n) is 6.37. The largest absolute Gasteiger partial charge is 0.497 e. The highest BCUT2D eigenvalue weighted by atomic mass is 16.5. The molecule has 3 rings (SSSR count). The minimum absolute atomic E-state index is 0.234. The Kier molecular flexibility index (Phi) is 5.20. The summed E-state index contributed by atoms with van der Waals surface area (Å²) in [5.41, 5.74) is 2.31. The zero-order chi connectivity index (χ0) is 16.8. The molecular weight excluding hydrogens is 296 g/mol. The molecule has 1 aliphatic rings. The lowest BCUT2D eigenvalue weighted by Gasteiger charge is -2.25. The van der Waals surface area contributed by atoms with Gasteiger partial charge in [-0.05, 0) is 29.7 Å². The molecule has 3 nitrogen and oxygen atoms in total. The van der Waals surface area contributed by atoms with Crippen molar-refractivity contribution >= 4 is 0 Å². The van der Waals surface area contributed by atoms with Crippen molar-refractivity contribution < 1.29 is 4.74 Å². The third-order valence-corrected chi connectivity index (χ3v) is 4.66. The van der Waals surface area contributed by atoms with E-state index in [2.05, 4.69) is 52.5 Å². The summed E-state index contributed by atoms with van der Waals surface area (Å²) in [6.45, 7) is 3.61. The number of terminal acetylenes is 1. The van der Waals surface area contributed by atoms with Gasteiger partial charge in [0.15, 0.2) is 0 Å². The van der Waals surface area contributed by atoms with Gasteiger partial charge in [0.2, 0.25) is 0 Å². The van der Waals surface area contributed by atoms with Gasteiger partial charge in [-0.2, -0.15) is 0 Å². The van der Waals surface area contributed by atoms with E-state index in [0.717, 1.165) is 38.3 Å². The molecule has 2 aromatic carbocycles. The number of rotatable bonds is 6. The molecule has 0 bridgehead atoms. The average molecular weight is 320 g/mol. The maximum atomic E-state index is 5.87. The smallest absolute Gasteiger partial charge is 0.118 e. The standard InChI is InChI=1S/C21H24N2O/c1-3-21(22-15-18-7-5-4-6-8-18)13-14-23(17-21)16-19-9-11-20(24-2)12-10-19/h1,4-12,22H,13-17H2,2H3. The van der Waals surface area contributed by atoms with E-state index >= 15 is 0 Å². The Morgan fingerprint density at radius 2 is 1.88 bits per heavy atom. The van der Waals surface area contributed by atoms with Crippen molar-refractivity contribution in [3.63, 3.8) is 0 Å². The molecule has 1 N–H and O–H groups in total. The fourth-order valence-corrected chi connectivity index (χ4v) is 3.19. The molecule has 124 valence electrons. The molecule has 0 aromatic heterocycles. The molecule has 0 aliphatic carbocycles. The minimum Gasteiger partial charge on any atom is -0.497 e. The van der Waals surface area contributed by atoms with Gasteiger partial charge in [-0.15, -0.1) is 6.42 Å². The first-order valence-corrected chi connectivity index (χ1v) is 8.35. The van der Waals surface area contributed by atoms with Crippen LogP contribution < -0.4 is 10.1 Å². The number of ether oxygens (including phenoxy) is 1. The summed E-state index contributed by atoms with van der Waals surface area (Å²) in [6.07, 6.45) is 6.85. The van der Waals surface area contributed by atoms with E-state index in [1.54, 1.807) is 7.11 Å². The van der Waals surface area contributed by atoms with Crippen LogP contribution in [-0.4, -0.2) is 30.6 Å². The quantitative estimate of drug-likeness (QED) is 0.828. The fourth-order valence-electron chi connectivity index (χ4n) is 3.19. The second kappa shape index (κ2) is 7.53.